The van der Waals surface area contributed by atoms with Crippen LogP contribution in [0.3, 0.4) is 0 Å². The molecule has 0 spiro atoms. The first-order valence-corrected chi connectivity index (χ1v) is 8.70. The first-order chi connectivity index (χ1) is 12.0. The van der Waals surface area contributed by atoms with E-state index in [2.05, 4.69) is 22.0 Å². The number of thiazole rings is 1. The van der Waals surface area contributed by atoms with Crippen molar-refractivity contribution in [2.75, 3.05) is 12.4 Å². The lowest BCUT2D eigenvalue weighted by atomic mass is 9.93. The van der Waals surface area contributed by atoms with Crippen molar-refractivity contribution in [1.82, 2.24) is 4.98 Å². The lowest BCUT2D eigenvalue weighted by molar-refractivity contribution is -0.0512. The molecular weight excluding hydrogens is 350 g/mol. The maximum atomic E-state index is 12.4. The largest absolute Gasteiger partial charge is 0.493 e. The Labute approximate surface area is 148 Å². The molecule has 3 rings (SSSR count). The summed E-state index contributed by atoms with van der Waals surface area (Å²) >= 11 is 1.49. The van der Waals surface area contributed by atoms with E-state index in [4.69, 9.17) is 4.74 Å². The number of halogens is 2. The minimum absolute atomic E-state index is 0.0696. The zero-order valence-corrected chi connectivity index (χ0v) is 14.7. The van der Waals surface area contributed by atoms with Gasteiger partial charge in [0.05, 0.1) is 12.8 Å². The summed E-state index contributed by atoms with van der Waals surface area (Å²) in [6.45, 7) is -0.756. The van der Waals surface area contributed by atoms with E-state index in [-0.39, 0.29) is 23.0 Å². The van der Waals surface area contributed by atoms with Crippen LogP contribution >= 0.6 is 11.3 Å². The van der Waals surface area contributed by atoms with Gasteiger partial charge in [-0.3, -0.25) is 10.1 Å². The summed E-state index contributed by atoms with van der Waals surface area (Å²) in [5.74, 6) is 0.206. The van der Waals surface area contributed by atoms with E-state index in [9.17, 15) is 13.6 Å². The van der Waals surface area contributed by atoms with Crippen LogP contribution < -0.4 is 14.8 Å². The summed E-state index contributed by atoms with van der Waals surface area (Å²) < 4.78 is 34.1. The quantitative estimate of drug-likeness (QED) is 0.862. The van der Waals surface area contributed by atoms with Gasteiger partial charge in [-0.1, -0.05) is 6.92 Å². The molecule has 2 aromatic rings. The zero-order chi connectivity index (χ0) is 18.0. The molecule has 8 heteroatoms. The number of nitrogens with one attached hydrogen (secondary N) is 1. The van der Waals surface area contributed by atoms with Gasteiger partial charge < -0.3 is 9.47 Å². The van der Waals surface area contributed by atoms with Gasteiger partial charge in [-0.2, -0.15) is 8.78 Å². The van der Waals surface area contributed by atoms with E-state index in [0.29, 0.717) is 11.0 Å². The molecule has 1 aromatic carbocycles. The molecular formula is C17H18F2N2O3S. The van der Waals surface area contributed by atoms with Crippen LogP contribution in [0.2, 0.25) is 0 Å². The van der Waals surface area contributed by atoms with E-state index in [1.54, 1.807) is 0 Å². The lowest BCUT2D eigenvalue weighted by Gasteiger charge is -2.15. The second-order valence-electron chi connectivity index (χ2n) is 5.94. The van der Waals surface area contributed by atoms with Gasteiger partial charge in [0.2, 0.25) is 0 Å². The third-order valence-electron chi connectivity index (χ3n) is 4.05. The van der Waals surface area contributed by atoms with Gasteiger partial charge in [-0.05, 0) is 43.4 Å². The number of benzene rings is 1. The first-order valence-electron chi connectivity index (χ1n) is 7.89. The topological polar surface area (TPSA) is 60.5 Å². The Morgan fingerprint density at radius 3 is 2.92 bits per heavy atom. The Balaban J connectivity index is 1.75. The van der Waals surface area contributed by atoms with Gasteiger partial charge in [-0.25, -0.2) is 4.98 Å². The number of alkyl halides is 2. The summed E-state index contributed by atoms with van der Waals surface area (Å²) in [5, 5.41) is 3.32. The maximum absolute atomic E-state index is 12.4. The fourth-order valence-corrected chi connectivity index (χ4v) is 3.93. The highest BCUT2D eigenvalue weighted by Crippen LogP contribution is 2.33. The second kappa shape index (κ2) is 7.35. The van der Waals surface area contributed by atoms with Crippen LogP contribution in [0.5, 0.6) is 11.5 Å². The molecule has 1 N–H and O–H groups in total. The zero-order valence-electron chi connectivity index (χ0n) is 13.8. The normalized spacial score (nSPS) is 16.4. The number of rotatable bonds is 5. The van der Waals surface area contributed by atoms with Crippen molar-refractivity contribution in [1.29, 1.82) is 0 Å². The summed E-state index contributed by atoms with van der Waals surface area (Å²) in [6.07, 6.45) is 3.01. The van der Waals surface area contributed by atoms with Gasteiger partial charge in [0.1, 0.15) is 0 Å². The fourth-order valence-electron chi connectivity index (χ4n) is 2.76. The van der Waals surface area contributed by atoms with Gasteiger partial charge in [0.25, 0.3) is 5.91 Å². The van der Waals surface area contributed by atoms with E-state index in [0.717, 1.165) is 25.0 Å². The molecule has 1 aliphatic carbocycles. The summed E-state index contributed by atoms with van der Waals surface area (Å²) in [5.41, 5.74) is 1.33. The standard InChI is InChI=1S/C17H18F2N2O3S/c1-9-3-5-11-14(7-9)25-17(20-11)21-15(22)10-4-6-12(24-16(18)19)13(8-10)23-2/h4,6,8-9,16H,3,5,7H2,1-2H3,(H,20,21,22)/t9-/m0/s1. The highest BCUT2D eigenvalue weighted by Gasteiger charge is 2.21. The van der Waals surface area contributed by atoms with Crippen LogP contribution in [0, 0.1) is 5.92 Å². The monoisotopic (exact) mass is 368 g/mol. The molecule has 0 aliphatic heterocycles. The first kappa shape index (κ1) is 17.6. The third kappa shape index (κ3) is 4.07. The molecule has 1 aliphatic rings. The van der Waals surface area contributed by atoms with Crippen LogP contribution in [0.1, 0.15) is 34.3 Å². The Hall–Kier alpha value is -2.22. The van der Waals surface area contributed by atoms with Crippen LogP contribution in [-0.4, -0.2) is 24.6 Å². The molecule has 1 heterocycles. The molecule has 1 amide bonds. The molecule has 5 nitrogen and oxygen atoms in total. The number of carbonyl (C=O) groups excluding carboxylic acids is 1. The molecule has 1 atom stereocenters. The maximum Gasteiger partial charge on any atom is 0.387 e. The van der Waals surface area contributed by atoms with E-state index < -0.39 is 6.61 Å². The van der Waals surface area contributed by atoms with Crippen molar-refractivity contribution in [3.63, 3.8) is 0 Å². The van der Waals surface area contributed by atoms with E-state index >= 15 is 0 Å². The van der Waals surface area contributed by atoms with Crippen molar-refractivity contribution in [3.8, 4) is 11.5 Å². The number of nitrogens with zero attached hydrogens (tertiary/aromatic N) is 1. The number of ether oxygens (including phenoxy) is 2. The minimum atomic E-state index is -2.96. The number of methoxy groups -OCH3 is 1. The van der Waals surface area contributed by atoms with Crippen LogP contribution in [0.15, 0.2) is 18.2 Å². The second-order valence-corrected chi connectivity index (χ2v) is 7.02. The van der Waals surface area contributed by atoms with Crippen molar-refractivity contribution in [2.24, 2.45) is 5.92 Å². The summed E-state index contributed by atoms with van der Waals surface area (Å²) in [4.78, 5) is 18.1. The number of anilines is 1. The van der Waals surface area contributed by atoms with E-state index in [1.807, 2.05) is 0 Å². The van der Waals surface area contributed by atoms with Crippen LogP contribution in [0.25, 0.3) is 0 Å². The molecule has 0 fully saturated rings. The molecule has 0 unspecified atom stereocenters. The number of aryl methyl sites for hydroxylation is 1. The van der Waals surface area contributed by atoms with E-state index in [1.165, 1.54) is 41.5 Å². The SMILES string of the molecule is COc1cc(C(=O)Nc2nc3c(s2)C[C@@H](C)CC3)ccc1OC(F)F. The number of amides is 1. The molecule has 0 saturated carbocycles. The fraction of sp³-hybridized carbons (Fsp3) is 0.412. The number of hydrogen-bond donors (Lipinski definition) is 1. The van der Waals surface area contributed by atoms with Crippen molar-refractivity contribution < 1.29 is 23.0 Å². The average molecular weight is 368 g/mol. The Kier molecular flexibility index (Phi) is 5.17. The van der Waals surface area contributed by atoms with Gasteiger partial charge >= 0.3 is 6.61 Å². The summed E-state index contributed by atoms with van der Waals surface area (Å²) in [6, 6.07) is 4.06. The molecule has 25 heavy (non-hydrogen) atoms. The number of fused-ring (bicyclic) bond motifs is 1. The van der Waals surface area contributed by atoms with Crippen LogP contribution in [0.4, 0.5) is 13.9 Å². The van der Waals surface area contributed by atoms with Gasteiger partial charge in [-0.15, -0.1) is 11.3 Å². The van der Waals surface area contributed by atoms with Gasteiger partial charge in [0, 0.05) is 10.4 Å². The Morgan fingerprint density at radius 2 is 2.20 bits per heavy atom. The molecule has 0 radical (unpaired) electrons. The van der Waals surface area contributed by atoms with Crippen LogP contribution in [-0.2, 0) is 12.8 Å². The summed E-state index contributed by atoms with van der Waals surface area (Å²) in [7, 11) is 1.32. The molecule has 0 bridgehead atoms. The van der Waals surface area contributed by atoms with Crippen molar-refractivity contribution >= 4 is 22.4 Å². The highest BCUT2D eigenvalue weighted by molar-refractivity contribution is 7.15. The Morgan fingerprint density at radius 1 is 1.40 bits per heavy atom. The van der Waals surface area contributed by atoms with Crippen molar-refractivity contribution in [2.45, 2.75) is 32.8 Å². The third-order valence-corrected chi connectivity index (χ3v) is 5.08. The minimum Gasteiger partial charge on any atom is -0.493 e. The predicted molar refractivity (Wildman–Crippen MR) is 90.9 cm³/mol. The molecule has 1 aromatic heterocycles. The average Bonchev–Trinajstić information content (AvgIpc) is 2.95. The molecule has 134 valence electrons. The Bertz CT molecular complexity index is 779. The number of aromatic nitrogens is 1. The highest BCUT2D eigenvalue weighted by atomic mass is 32.1. The van der Waals surface area contributed by atoms with Crippen molar-refractivity contribution in [3.05, 3.63) is 34.3 Å². The molecule has 0 saturated heterocycles. The number of carbonyl (C=O) groups is 1. The number of hydrogen-bond acceptors (Lipinski definition) is 5. The lowest BCUT2D eigenvalue weighted by Crippen LogP contribution is -2.12. The predicted octanol–water partition coefficient (Wildman–Crippen LogP) is 4.13. The van der Waals surface area contributed by atoms with Gasteiger partial charge in [0.15, 0.2) is 16.6 Å². The smallest absolute Gasteiger partial charge is 0.387 e.